The van der Waals surface area contributed by atoms with Crippen molar-refractivity contribution in [2.24, 2.45) is 0 Å². The smallest absolute Gasteiger partial charge is 0.271 e. The number of nitrogens with one attached hydrogen (secondary N) is 2. The van der Waals surface area contributed by atoms with Gasteiger partial charge in [0.2, 0.25) is 0 Å². The van der Waals surface area contributed by atoms with Gasteiger partial charge in [0.1, 0.15) is 5.75 Å². The first-order chi connectivity index (χ1) is 15.0. The topological polar surface area (TPSA) is 106 Å². The fraction of sp³-hybridized carbons (Fsp3) is 0.0909. The van der Waals surface area contributed by atoms with Crippen molar-refractivity contribution in [2.45, 2.75) is 6.92 Å². The number of benzene rings is 3. The highest BCUT2D eigenvalue weighted by atomic mass is 32.1. The third kappa shape index (κ3) is 4.62. The third-order valence-corrected chi connectivity index (χ3v) is 5.37. The van der Waals surface area contributed by atoms with Crippen LogP contribution in [0.4, 0.5) is 22.2 Å². The molecule has 0 bridgehead atoms. The van der Waals surface area contributed by atoms with E-state index in [1.54, 1.807) is 24.3 Å². The summed E-state index contributed by atoms with van der Waals surface area (Å²) in [7, 11) is 0. The fourth-order valence-corrected chi connectivity index (χ4v) is 3.85. The number of aromatic nitrogens is 1. The van der Waals surface area contributed by atoms with Crippen molar-refractivity contribution >= 4 is 49.7 Å². The van der Waals surface area contributed by atoms with Crippen LogP contribution >= 0.6 is 11.3 Å². The summed E-state index contributed by atoms with van der Waals surface area (Å²) in [6, 6.07) is 18.8. The van der Waals surface area contributed by atoms with Crippen molar-refractivity contribution in [2.75, 3.05) is 17.2 Å². The largest absolute Gasteiger partial charge is 0.494 e. The number of para-hydroxylation sites is 1. The molecule has 3 aromatic carbocycles. The molecule has 4 aromatic rings. The molecule has 0 radical (unpaired) electrons. The average Bonchev–Trinajstić information content (AvgIpc) is 3.17. The number of nitro groups is 1. The molecule has 0 aliphatic carbocycles. The molecule has 0 unspecified atom stereocenters. The molecular weight excluding hydrogens is 416 g/mol. The minimum atomic E-state index is -0.501. The molecule has 0 aliphatic heterocycles. The maximum Gasteiger partial charge on any atom is 0.271 e. The SMILES string of the molecule is CCOc1ccc(Nc2cc([N+](=O)[O-])ccc2C(=O)Nc2nc3ccccc3s2)cc1. The van der Waals surface area contributed by atoms with Gasteiger partial charge in [-0.3, -0.25) is 20.2 Å². The Morgan fingerprint density at radius 2 is 1.90 bits per heavy atom. The predicted molar refractivity (Wildman–Crippen MR) is 122 cm³/mol. The second-order valence-corrected chi connectivity index (χ2v) is 7.54. The molecule has 4 rings (SSSR count). The van der Waals surface area contributed by atoms with Gasteiger partial charge in [-0.1, -0.05) is 23.5 Å². The zero-order valence-corrected chi connectivity index (χ0v) is 17.3. The first-order valence-electron chi connectivity index (χ1n) is 9.48. The molecule has 8 nitrogen and oxygen atoms in total. The summed E-state index contributed by atoms with van der Waals surface area (Å²) in [6.45, 7) is 2.44. The number of nitrogens with zero attached hydrogens (tertiary/aromatic N) is 2. The normalized spacial score (nSPS) is 10.6. The number of nitro benzene ring substituents is 1. The number of carbonyl (C=O) groups excluding carboxylic acids is 1. The van der Waals surface area contributed by atoms with Gasteiger partial charge in [0.15, 0.2) is 5.13 Å². The van der Waals surface area contributed by atoms with Crippen molar-refractivity contribution in [1.29, 1.82) is 0 Å². The van der Waals surface area contributed by atoms with Gasteiger partial charge in [-0.15, -0.1) is 0 Å². The van der Waals surface area contributed by atoms with Crippen LogP contribution in [0.5, 0.6) is 5.75 Å². The molecule has 0 saturated carbocycles. The van der Waals surface area contributed by atoms with Gasteiger partial charge < -0.3 is 10.1 Å². The highest BCUT2D eigenvalue weighted by Gasteiger charge is 2.18. The molecule has 0 saturated heterocycles. The second kappa shape index (κ2) is 8.80. The summed E-state index contributed by atoms with van der Waals surface area (Å²) in [5.41, 5.74) is 1.91. The van der Waals surface area contributed by atoms with Gasteiger partial charge in [0.05, 0.1) is 33.0 Å². The predicted octanol–water partition coefficient (Wildman–Crippen LogP) is 5.60. The van der Waals surface area contributed by atoms with Crippen molar-refractivity contribution in [3.8, 4) is 5.75 Å². The minimum Gasteiger partial charge on any atom is -0.494 e. The molecule has 2 N–H and O–H groups in total. The maximum atomic E-state index is 12.9. The molecule has 0 aliphatic rings. The number of thiazole rings is 1. The van der Waals surface area contributed by atoms with E-state index in [1.165, 1.54) is 29.5 Å². The fourth-order valence-electron chi connectivity index (χ4n) is 2.99. The van der Waals surface area contributed by atoms with E-state index in [-0.39, 0.29) is 11.3 Å². The van der Waals surface area contributed by atoms with Crippen LogP contribution < -0.4 is 15.4 Å². The highest BCUT2D eigenvalue weighted by Crippen LogP contribution is 2.30. The van der Waals surface area contributed by atoms with Crippen LogP contribution in [0.3, 0.4) is 0 Å². The Hall–Kier alpha value is -3.98. The monoisotopic (exact) mass is 434 g/mol. The average molecular weight is 434 g/mol. The van der Waals surface area contributed by atoms with E-state index in [9.17, 15) is 14.9 Å². The van der Waals surface area contributed by atoms with E-state index < -0.39 is 10.8 Å². The van der Waals surface area contributed by atoms with Gasteiger partial charge in [0.25, 0.3) is 11.6 Å². The Morgan fingerprint density at radius 3 is 2.61 bits per heavy atom. The number of amides is 1. The minimum absolute atomic E-state index is 0.120. The maximum absolute atomic E-state index is 12.9. The van der Waals surface area contributed by atoms with Gasteiger partial charge in [-0.2, -0.15) is 0 Å². The van der Waals surface area contributed by atoms with E-state index >= 15 is 0 Å². The van der Waals surface area contributed by atoms with E-state index in [4.69, 9.17) is 4.74 Å². The Labute approximate surface area is 181 Å². The lowest BCUT2D eigenvalue weighted by Crippen LogP contribution is -2.14. The number of ether oxygens (including phenoxy) is 1. The molecule has 0 fully saturated rings. The number of hydrogen-bond acceptors (Lipinski definition) is 7. The van der Waals surface area contributed by atoms with Crippen molar-refractivity contribution in [3.05, 3.63) is 82.4 Å². The Balaban J connectivity index is 1.62. The zero-order valence-electron chi connectivity index (χ0n) is 16.5. The first-order valence-corrected chi connectivity index (χ1v) is 10.3. The van der Waals surface area contributed by atoms with E-state index in [2.05, 4.69) is 15.6 Å². The van der Waals surface area contributed by atoms with Crippen LogP contribution in [0.1, 0.15) is 17.3 Å². The summed E-state index contributed by atoms with van der Waals surface area (Å²) < 4.78 is 6.38. The Bertz CT molecular complexity index is 1220. The summed E-state index contributed by atoms with van der Waals surface area (Å²) in [5, 5.41) is 17.6. The molecule has 1 heterocycles. The van der Waals surface area contributed by atoms with Crippen molar-refractivity contribution in [3.63, 3.8) is 0 Å². The van der Waals surface area contributed by atoms with Gasteiger partial charge in [-0.25, -0.2) is 4.98 Å². The van der Waals surface area contributed by atoms with Gasteiger partial charge >= 0.3 is 0 Å². The summed E-state index contributed by atoms with van der Waals surface area (Å²) in [5.74, 6) is 0.295. The molecule has 31 heavy (non-hydrogen) atoms. The number of anilines is 3. The van der Waals surface area contributed by atoms with Gasteiger partial charge in [0, 0.05) is 17.8 Å². The van der Waals surface area contributed by atoms with E-state index in [1.807, 2.05) is 31.2 Å². The zero-order chi connectivity index (χ0) is 21.8. The lowest BCUT2D eigenvalue weighted by atomic mass is 10.1. The second-order valence-electron chi connectivity index (χ2n) is 6.51. The third-order valence-electron chi connectivity index (χ3n) is 4.42. The molecule has 9 heteroatoms. The Kier molecular flexibility index (Phi) is 5.76. The number of hydrogen-bond donors (Lipinski definition) is 2. The summed E-state index contributed by atoms with van der Waals surface area (Å²) in [6.07, 6.45) is 0. The number of carbonyl (C=O) groups is 1. The lowest BCUT2D eigenvalue weighted by Gasteiger charge is -2.12. The van der Waals surface area contributed by atoms with Crippen LogP contribution in [0, 0.1) is 10.1 Å². The van der Waals surface area contributed by atoms with Crippen LogP contribution in [-0.4, -0.2) is 22.4 Å². The standard InChI is InChI=1S/C22H18N4O4S/c1-2-30-16-10-7-14(8-11-16)23-19-13-15(26(28)29)9-12-17(19)21(27)25-22-24-18-5-3-4-6-20(18)31-22/h3-13,23H,2H2,1H3,(H,24,25,27). The molecule has 0 atom stereocenters. The quantitative estimate of drug-likeness (QED) is 0.290. The molecule has 1 amide bonds. The van der Waals surface area contributed by atoms with Crippen LogP contribution in [0.25, 0.3) is 10.2 Å². The molecule has 1 aromatic heterocycles. The van der Waals surface area contributed by atoms with Crippen LogP contribution in [0.2, 0.25) is 0 Å². The van der Waals surface area contributed by atoms with Crippen LogP contribution in [-0.2, 0) is 0 Å². The molecular formula is C22H18N4O4S. The van der Waals surface area contributed by atoms with Crippen molar-refractivity contribution in [1.82, 2.24) is 4.98 Å². The highest BCUT2D eigenvalue weighted by molar-refractivity contribution is 7.22. The summed E-state index contributed by atoms with van der Waals surface area (Å²) >= 11 is 1.36. The molecule has 0 spiro atoms. The van der Waals surface area contributed by atoms with E-state index in [0.29, 0.717) is 28.9 Å². The first kappa shape index (κ1) is 20.3. The Morgan fingerprint density at radius 1 is 1.13 bits per heavy atom. The summed E-state index contributed by atoms with van der Waals surface area (Å²) in [4.78, 5) is 28.1. The molecule has 156 valence electrons. The number of non-ortho nitro benzene ring substituents is 1. The number of fused-ring (bicyclic) bond motifs is 1. The van der Waals surface area contributed by atoms with Crippen LogP contribution in [0.15, 0.2) is 66.7 Å². The lowest BCUT2D eigenvalue weighted by molar-refractivity contribution is -0.384. The van der Waals surface area contributed by atoms with Crippen molar-refractivity contribution < 1.29 is 14.5 Å². The number of rotatable bonds is 7. The van der Waals surface area contributed by atoms with Gasteiger partial charge in [-0.05, 0) is 49.4 Å². The van der Waals surface area contributed by atoms with E-state index in [0.717, 1.165) is 10.2 Å².